The molecule has 1 spiro atoms. The van der Waals surface area contributed by atoms with E-state index >= 15 is 0 Å². The van der Waals surface area contributed by atoms with Gasteiger partial charge in [-0.2, -0.15) is 0 Å². The van der Waals surface area contributed by atoms with Gasteiger partial charge >= 0.3 is 0 Å². The topological polar surface area (TPSA) is 0 Å². The van der Waals surface area contributed by atoms with Gasteiger partial charge in [-0.25, -0.2) is 0 Å². The van der Waals surface area contributed by atoms with Gasteiger partial charge in [-0.15, -0.1) is 0 Å². The molecule has 0 aromatic rings. The zero-order valence-corrected chi connectivity index (χ0v) is 9.01. The zero-order chi connectivity index (χ0) is 9.53. The molecule has 1 atom stereocenters. The molecule has 2 aliphatic carbocycles. The van der Waals surface area contributed by atoms with E-state index in [4.69, 9.17) is 0 Å². The lowest BCUT2D eigenvalue weighted by atomic mass is 9.54. The highest BCUT2D eigenvalue weighted by Crippen LogP contribution is 2.56. The van der Waals surface area contributed by atoms with Crippen LogP contribution < -0.4 is 0 Å². The maximum Gasteiger partial charge on any atom is 0.0144 e. The Labute approximate surface area is 81.7 Å². The van der Waals surface area contributed by atoms with Crippen LogP contribution in [0.4, 0.5) is 0 Å². The first-order valence-corrected chi connectivity index (χ1v) is 5.46. The van der Waals surface area contributed by atoms with Gasteiger partial charge in [-0.3, -0.25) is 0 Å². The Morgan fingerprint density at radius 3 is 2.31 bits per heavy atom. The second-order valence-corrected chi connectivity index (χ2v) is 5.33. The van der Waals surface area contributed by atoms with Gasteiger partial charge in [0, 0.05) is 5.41 Å². The Morgan fingerprint density at radius 2 is 1.77 bits per heavy atom. The molecule has 0 saturated heterocycles. The van der Waals surface area contributed by atoms with Gasteiger partial charge in [0.05, 0.1) is 0 Å². The Morgan fingerprint density at radius 1 is 1.15 bits per heavy atom. The van der Waals surface area contributed by atoms with Crippen molar-refractivity contribution in [3.63, 3.8) is 0 Å². The largest absolute Gasteiger partial charge is 0.0737 e. The summed E-state index contributed by atoms with van der Waals surface area (Å²) in [4.78, 5) is 0. The molecule has 0 heteroatoms. The molecular formula is C13H20. The summed E-state index contributed by atoms with van der Waals surface area (Å²) in [5.74, 6) is 0.811. The van der Waals surface area contributed by atoms with Crippen molar-refractivity contribution in [3.05, 3.63) is 24.3 Å². The molecule has 2 aliphatic rings. The third kappa shape index (κ3) is 1.11. The number of allylic oxidation sites excluding steroid dienone is 4. The first-order valence-electron chi connectivity index (χ1n) is 5.46. The molecule has 0 aromatic carbocycles. The maximum atomic E-state index is 2.43. The number of hydrogen-bond acceptors (Lipinski definition) is 0. The highest BCUT2D eigenvalue weighted by atomic mass is 14.5. The Bertz CT molecular complexity index is 243. The summed E-state index contributed by atoms with van der Waals surface area (Å²) in [5.41, 5.74) is 0.819. The summed E-state index contributed by atoms with van der Waals surface area (Å²) >= 11 is 0. The fourth-order valence-electron chi connectivity index (χ4n) is 3.24. The van der Waals surface area contributed by atoms with Gasteiger partial charge in [0.15, 0.2) is 0 Å². The lowest BCUT2D eigenvalue weighted by Crippen LogP contribution is -2.42. The second-order valence-electron chi connectivity index (χ2n) is 5.33. The summed E-state index contributed by atoms with van der Waals surface area (Å²) in [6.45, 7) is 7.24. The van der Waals surface area contributed by atoms with Crippen molar-refractivity contribution < 1.29 is 0 Å². The highest BCUT2D eigenvalue weighted by molar-refractivity contribution is 5.30. The van der Waals surface area contributed by atoms with E-state index in [1.54, 1.807) is 0 Å². The Balaban J connectivity index is 2.40. The minimum absolute atomic E-state index is 0.366. The van der Waals surface area contributed by atoms with Crippen LogP contribution in [0.15, 0.2) is 24.3 Å². The van der Waals surface area contributed by atoms with Crippen molar-refractivity contribution in [2.75, 3.05) is 0 Å². The van der Waals surface area contributed by atoms with Gasteiger partial charge < -0.3 is 0 Å². The minimum atomic E-state index is 0.366. The van der Waals surface area contributed by atoms with Crippen LogP contribution in [0.25, 0.3) is 0 Å². The van der Waals surface area contributed by atoms with Crippen LogP contribution in [0, 0.1) is 16.7 Å². The van der Waals surface area contributed by atoms with Crippen LogP contribution in [0.5, 0.6) is 0 Å². The summed E-state index contributed by atoms with van der Waals surface area (Å²) in [7, 11) is 0. The van der Waals surface area contributed by atoms with E-state index in [9.17, 15) is 0 Å². The van der Waals surface area contributed by atoms with Crippen LogP contribution in [0.3, 0.4) is 0 Å². The molecule has 1 saturated carbocycles. The molecule has 1 unspecified atom stereocenters. The van der Waals surface area contributed by atoms with Gasteiger partial charge in [-0.05, 0) is 24.2 Å². The van der Waals surface area contributed by atoms with Crippen molar-refractivity contribution in [1.82, 2.24) is 0 Å². The molecule has 72 valence electrons. The molecule has 0 amide bonds. The van der Waals surface area contributed by atoms with Crippen LogP contribution in [0.2, 0.25) is 0 Å². The van der Waals surface area contributed by atoms with E-state index in [2.05, 4.69) is 45.1 Å². The summed E-state index contributed by atoms with van der Waals surface area (Å²) in [5, 5.41) is 0. The summed E-state index contributed by atoms with van der Waals surface area (Å²) < 4.78 is 0. The molecule has 0 N–H and O–H groups in total. The maximum absolute atomic E-state index is 2.43. The number of hydrogen-bond donors (Lipinski definition) is 0. The molecule has 0 aliphatic heterocycles. The van der Waals surface area contributed by atoms with Crippen molar-refractivity contribution in [2.24, 2.45) is 16.7 Å². The van der Waals surface area contributed by atoms with Crippen LogP contribution in [0.1, 0.15) is 40.0 Å². The van der Waals surface area contributed by atoms with E-state index < -0.39 is 0 Å². The van der Waals surface area contributed by atoms with Gasteiger partial charge in [0.2, 0.25) is 0 Å². The van der Waals surface area contributed by atoms with Crippen LogP contribution in [-0.2, 0) is 0 Å². The molecule has 0 aromatic heterocycles. The Kier molecular flexibility index (Phi) is 1.90. The predicted molar refractivity (Wildman–Crippen MR) is 57.5 cm³/mol. The van der Waals surface area contributed by atoms with E-state index in [-0.39, 0.29) is 0 Å². The molecule has 0 heterocycles. The lowest BCUT2D eigenvalue weighted by Gasteiger charge is -2.50. The van der Waals surface area contributed by atoms with E-state index in [0.717, 1.165) is 5.92 Å². The van der Waals surface area contributed by atoms with Crippen LogP contribution in [-0.4, -0.2) is 0 Å². The number of rotatable bonds is 0. The molecule has 0 nitrogen and oxygen atoms in total. The highest BCUT2D eigenvalue weighted by Gasteiger charge is 2.47. The Hall–Kier alpha value is -0.520. The van der Waals surface area contributed by atoms with E-state index in [1.165, 1.54) is 19.3 Å². The zero-order valence-electron chi connectivity index (χ0n) is 9.01. The fraction of sp³-hybridized carbons (Fsp3) is 0.692. The summed E-state index contributed by atoms with van der Waals surface area (Å²) in [6.07, 6.45) is 13.5. The minimum Gasteiger partial charge on any atom is -0.0737 e. The molecule has 13 heavy (non-hydrogen) atoms. The first-order chi connectivity index (χ1) is 6.08. The average molecular weight is 176 g/mol. The smallest absolute Gasteiger partial charge is 0.0144 e. The van der Waals surface area contributed by atoms with E-state index in [0.29, 0.717) is 10.8 Å². The average Bonchev–Trinajstić information content (AvgIpc) is 2.50. The van der Waals surface area contributed by atoms with Gasteiger partial charge in [0.1, 0.15) is 0 Å². The normalized spacial score (nSPS) is 34.2. The second kappa shape index (κ2) is 2.73. The third-order valence-electron chi connectivity index (χ3n) is 4.28. The quantitative estimate of drug-likeness (QED) is 0.524. The van der Waals surface area contributed by atoms with Crippen molar-refractivity contribution >= 4 is 0 Å². The summed E-state index contributed by atoms with van der Waals surface area (Å²) in [6, 6.07) is 0. The fourth-order valence-corrected chi connectivity index (χ4v) is 3.24. The SMILES string of the molecule is CC1CCCC(C)(C)C12C=CC=C2. The predicted octanol–water partition coefficient (Wildman–Crippen LogP) is 3.95. The van der Waals surface area contributed by atoms with E-state index in [1.807, 2.05) is 0 Å². The van der Waals surface area contributed by atoms with Gasteiger partial charge in [0.25, 0.3) is 0 Å². The third-order valence-corrected chi connectivity index (χ3v) is 4.28. The standard InChI is InChI=1S/C13H20/c1-11-7-6-8-12(2,3)13(11)9-4-5-10-13/h4-5,9-11H,6-8H2,1-3H3. The van der Waals surface area contributed by atoms with Crippen molar-refractivity contribution in [1.29, 1.82) is 0 Å². The molecule has 0 bridgehead atoms. The molecule has 1 fully saturated rings. The molecule has 0 radical (unpaired) electrons. The molecular weight excluding hydrogens is 156 g/mol. The van der Waals surface area contributed by atoms with Gasteiger partial charge in [-0.1, -0.05) is 51.5 Å². The monoisotopic (exact) mass is 176 g/mol. The first kappa shape index (κ1) is 9.05. The van der Waals surface area contributed by atoms with Crippen LogP contribution >= 0.6 is 0 Å². The van der Waals surface area contributed by atoms with Crippen molar-refractivity contribution in [2.45, 2.75) is 40.0 Å². The lowest BCUT2D eigenvalue weighted by molar-refractivity contribution is 0.0557. The molecule has 2 rings (SSSR count). The van der Waals surface area contributed by atoms with Crippen molar-refractivity contribution in [3.8, 4) is 0 Å².